The molecule has 106 valence electrons. The van der Waals surface area contributed by atoms with Gasteiger partial charge in [0, 0.05) is 0 Å². The number of hydrogen-bond acceptors (Lipinski definition) is 4. The molecule has 0 amide bonds. The van der Waals surface area contributed by atoms with Gasteiger partial charge < -0.3 is 0 Å². The van der Waals surface area contributed by atoms with Gasteiger partial charge in [0.25, 0.3) is 0 Å². The fraction of sp³-hybridized carbons (Fsp3) is 0.846. The van der Waals surface area contributed by atoms with E-state index >= 15 is 0 Å². The van der Waals surface area contributed by atoms with E-state index in [1.165, 1.54) is 32.1 Å². The van der Waals surface area contributed by atoms with Crippen molar-refractivity contribution < 1.29 is 18.1 Å². The van der Waals surface area contributed by atoms with Gasteiger partial charge in [-0.3, -0.25) is 13.6 Å². The van der Waals surface area contributed by atoms with Crippen molar-refractivity contribution in [2.45, 2.75) is 46.0 Å². The topological polar surface area (TPSA) is 44.8 Å². The van der Waals surface area contributed by atoms with Crippen molar-refractivity contribution in [1.82, 2.24) is 0 Å². The molecule has 0 aromatic rings. The zero-order valence-corrected chi connectivity index (χ0v) is 12.4. The van der Waals surface area contributed by atoms with Gasteiger partial charge in [-0.25, -0.2) is 4.57 Å². The normalized spacial score (nSPS) is 18.6. The molecule has 0 heterocycles. The SMILES string of the molecule is CCOP(=O)(OCC)OC/C=C/C1CCCCC1. The molecule has 0 bridgehead atoms. The highest BCUT2D eigenvalue weighted by atomic mass is 31.2. The Kier molecular flexibility index (Phi) is 7.84. The van der Waals surface area contributed by atoms with E-state index < -0.39 is 7.82 Å². The lowest BCUT2D eigenvalue weighted by Gasteiger charge is -2.18. The molecule has 1 saturated carbocycles. The first-order valence-corrected chi connectivity index (χ1v) is 8.36. The molecule has 1 rings (SSSR count). The highest BCUT2D eigenvalue weighted by molar-refractivity contribution is 7.48. The van der Waals surface area contributed by atoms with Crippen molar-refractivity contribution >= 4 is 7.82 Å². The van der Waals surface area contributed by atoms with Crippen LogP contribution in [0.2, 0.25) is 0 Å². The van der Waals surface area contributed by atoms with Crippen LogP contribution < -0.4 is 0 Å². The highest BCUT2D eigenvalue weighted by Crippen LogP contribution is 2.49. The zero-order valence-electron chi connectivity index (χ0n) is 11.5. The van der Waals surface area contributed by atoms with Crippen LogP contribution in [0.3, 0.4) is 0 Å². The van der Waals surface area contributed by atoms with Crippen molar-refractivity contribution in [3.05, 3.63) is 12.2 Å². The van der Waals surface area contributed by atoms with Crippen LogP contribution in [-0.2, 0) is 18.1 Å². The second-order valence-electron chi connectivity index (χ2n) is 4.40. The summed E-state index contributed by atoms with van der Waals surface area (Å²) in [6, 6.07) is 0. The van der Waals surface area contributed by atoms with Crippen molar-refractivity contribution in [3.63, 3.8) is 0 Å². The van der Waals surface area contributed by atoms with Crippen LogP contribution in [0.25, 0.3) is 0 Å². The summed E-state index contributed by atoms with van der Waals surface area (Å²) < 4.78 is 27.3. The third-order valence-corrected chi connectivity index (χ3v) is 4.58. The van der Waals surface area contributed by atoms with Crippen molar-refractivity contribution in [2.75, 3.05) is 19.8 Å². The molecule has 0 atom stereocenters. The van der Waals surface area contributed by atoms with Crippen LogP contribution in [0.1, 0.15) is 46.0 Å². The Balaban J connectivity index is 2.28. The number of rotatable bonds is 8. The summed E-state index contributed by atoms with van der Waals surface area (Å²) in [5.41, 5.74) is 0. The van der Waals surface area contributed by atoms with E-state index in [0.717, 1.165) is 0 Å². The molecule has 1 aliphatic rings. The predicted octanol–water partition coefficient (Wildman–Crippen LogP) is 4.32. The lowest BCUT2D eigenvalue weighted by Crippen LogP contribution is -2.03. The van der Waals surface area contributed by atoms with E-state index in [1.807, 2.05) is 6.08 Å². The summed E-state index contributed by atoms with van der Waals surface area (Å²) in [6.45, 7) is 4.47. The maximum atomic E-state index is 12.0. The Morgan fingerprint density at radius 1 is 1.06 bits per heavy atom. The van der Waals surface area contributed by atoms with Crippen LogP contribution in [0.5, 0.6) is 0 Å². The summed E-state index contributed by atoms with van der Waals surface area (Å²) in [4.78, 5) is 0. The summed E-state index contributed by atoms with van der Waals surface area (Å²) in [6.07, 6.45) is 10.6. The van der Waals surface area contributed by atoms with E-state index in [-0.39, 0.29) is 6.61 Å². The van der Waals surface area contributed by atoms with E-state index in [4.69, 9.17) is 13.6 Å². The number of allylic oxidation sites excluding steroid dienone is 1. The predicted molar refractivity (Wildman–Crippen MR) is 72.5 cm³/mol. The molecule has 0 aliphatic heterocycles. The smallest absolute Gasteiger partial charge is 0.287 e. The Morgan fingerprint density at radius 2 is 1.67 bits per heavy atom. The average molecular weight is 276 g/mol. The lowest BCUT2D eigenvalue weighted by molar-refractivity contribution is 0.131. The lowest BCUT2D eigenvalue weighted by atomic mass is 9.89. The first-order valence-electron chi connectivity index (χ1n) is 6.90. The molecule has 0 saturated heterocycles. The van der Waals surface area contributed by atoms with Crippen LogP contribution in [0.15, 0.2) is 12.2 Å². The molecule has 0 unspecified atom stereocenters. The molecule has 0 aromatic carbocycles. The van der Waals surface area contributed by atoms with E-state index in [1.54, 1.807) is 13.8 Å². The zero-order chi connectivity index (χ0) is 13.3. The molecule has 0 spiro atoms. The Bertz CT molecular complexity index is 275. The maximum Gasteiger partial charge on any atom is 0.475 e. The summed E-state index contributed by atoms with van der Waals surface area (Å²) >= 11 is 0. The van der Waals surface area contributed by atoms with E-state index in [2.05, 4.69) is 6.08 Å². The number of hydrogen-bond donors (Lipinski definition) is 0. The molecule has 5 heteroatoms. The molecule has 0 aromatic heterocycles. The van der Waals surface area contributed by atoms with Gasteiger partial charge in [0.15, 0.2) is 0 Å². The highest BCUT2D eigenvalue weighted by Gasteiger charge is 2.24. The van der Waals surface area contributed by atoms with Gasteiger partial charge in [-0.15, -0.1) is 0 Å². The molecule has 0 radical (unpaired) electrons. The van der Waals surface area contributed by atoms with Crippen LogP contribution in [0.4, 0.5) is 0 Å². The maximum absolute atomic E-state index is 12.0. The Labute approximate surface area is 110 Å². The third-order valence-electron chi connectivity index (χ3n) is 2.96. The van der Waals surface area contributed by atoms with Gasteiger partial charge in [-0.1, -0.05) is 31.4 Å². The first kappa shape index (κ1) is 15.9. The molecule has 1 aliphatic carbocycles. The van der Waals surface area contributed by atoms with Gasteiger partial charge >= 0.3 is 7.82 Å². The minimum absolute atomic E-state index is 0.285. The molecular formula is C13H25O4P. The summed E-state index contributed by atoms with van der Waals surface area (Å²) in [7, 11) is -3.34. The standard InChI is InChI=1S/C13H25O4P/c1-3-15-18(14,16-4-2)17-12-8-11-13-9-6-5-7-10-13/h8,11,13H,3-7,9-10,12H2,1-2H3/b11-8+. The number of phosphoric acid groups is 1. The van der Waals surface area contributed by atoms with Crippen LogP contribution in [-0.4, -0.2) is 19.8 Å². The summed E-state index contributed by atoms with van der Waals surface area (Å²) in [5, 5.41) is 0. The Hall–Kier alpha value is -0.150. The van der Waals surface area contributed by atoms with Crippen LogP contribution >= 0.6 is 7.82 Å². The van der Waals surface area contributed by atoms with E-state index in [0.29, 0.717) is 19.1 Å². The van der Waals surface area contributed by atoms with Gasteiger partial charge in [0.05, 0.1) is 19.8 Å². The quantitative estimate of drug-likeness (QED) is 0.489. The average Bonchev–Trinajstić information content (AvgIpc) is 2.37. The minimum atomic E-state index is -3.34. The minimum Gasteiger partial charge on any atom is -0.287 e. The first-order chi connectivity index (χ1) is 8.70. The molecule has 0 N–H and O–H groups in total. The molecule has 1 fully saturated rings. The fourth-order valence-corrected chi connectivity index (χ4v) is 3.26. The third kappa shape index (κ3) is 6.14. The molecular weight excluding hydrogens is 251 g/mol. The largest absolute Gasteiger partial charge is 0.475 e. The van der Waals surface area contributed by atoms with Crippen molar-refractivity contribution in [3.8, 4) is 0 Å². The Morgan fingerprint density at radius 3 is 2.22 bits per heavy atom. The fourth-order valence-electron chi connectivity index (χ4n) is 2.14. The second-order valence-corrected chi connectivity index (χ2v) is 6.07. The molecule has 4 nitrogen and oxygen atoms in total. The van der Waals surface area contributed by atoms with Crippen molar-refractivity contribution in [1.29, 1.82) is 0 Å². The summed E-state index contributed by atoms with van der Waals surface area (Å²) in [5.74, 6) is 0.654. The second kappa shape index (κ2) is 8.87. The number of phosphoric ester groups is 1. The van der Waals surface area contributed by atoms with Gasteiger partial charge in [-0.2, -0.15) is 0 Å². The van der Waals surface area contributed by atoms with Gasteiger partial charge in [0.1, 0.15) is 0 Å². The van der Waals surface area contributed by atoms with Gasteiger partial charge in [0.2, 0.25) is 0 Å². The van der Waals surface area contributed by atoms with Gasteiger partial charge in [-0.05, 0) is 32.6 Å². The van der Waals surface area contributed by atoms with Crippen LogP contribution in [0, 0.1) is 5.92 Å². The monoisotopic (exact) mass is 276 g/mol. The van der Waals surface area contributed by atoms with Crippen molar-refractivity contribution in [2.24, 2.45) is 5.92 Å². The van der Waals surface area contributed by atoms with E-state index in [9.17, 15) is 4.57 Å². The molecule has 18 heavy (non-hydrogen) atoms.